The summed E-state index contributed by atoms with van der Waals surface area (Å²) in [5, 5.41) is 3.68. The van der Waals surface area contributed by atoms with E-state index in [-0.39, 0.29) is 65.5 Å². The van der Waals surface area contributed by atoms with Crippen LogP contribution in [0.25, 0.3) is 22.2 Å². The van der Waals surface area contributed by atoms with Gasteiger partial charge in [0, 0.05) is 37.3 Å². The second kappa shape index (κ2) is 9.48. The first-order valence-electron chi connectivity index (χ1n) is 14.0. The monoisotopic (exact) mass is 625 g/mol. The van der Waals surface area contributed by atoms with E-state index in [2.05, 4.69) is 15.3 Å². The Morgan fingerprint density at radius 2 is 1.81 bits per heavy atom. The molecule has 10 nitrogen and oxygen atoms in total. The zero-order chi connectivity index (χ0) is 30.6. The number of alkyl halides is 3. The fourth-order valence-electron chi connectivity index (χ4n) is 6.90. The Morgan fingerprint density at radius 1 is 1.09 bits per heavy atom. The van der Waals surface area contributed by atoms with Gasteiger partial charge in [-0.2, -0.15) is 18.2 Å². The molecule has 3 aromatic rings. The van der Waals surface area contributed by atoms with E-state index in [0.29, 0.717) is 12.4 Å². The molecule has 3 saturated heterocycles. The minimum atomic E-state index is -5.06. The van der Waals surface area contributed by atoms with Crippen LogP contribution in [-0.2, 0) is 16.0 Å². The summed E-state index contributed by atoms with van der Waals surface area (Å²) in [6, 6.07) is 0.610. The van der Waals surface area contributed by atoms with Crippen molar-refractivity contribution in [1.29, 1.82) is 0 Å². The zero-order valence-electron chi connectivity index (χ0n) is 23.2. The predicted octanol–water partition coefficient (Wildman–Crippen LogP) is 3.20. The number of nitrogens with zero attached hydrogens (tertiary/aromatic N) is 5. The SMILES string of the molecule is Cc1c(F)c(N)cc(-c2nc3c4c(nc(N5CCS(=O)(=O)CC5)nc4c2F)N2C[C@H]4CC[C@H](N4)[C@H]2[C@H](C)O3)c1C(F)(F)F. The van der Waals surface area contributed by atoms with Gasteiger partial charge in [-0.05, 0) is 38.3 Å². The number of pyridine rings is 1. The van der Waals surface area contributed by atoms with E-state index in [1.807, 2.05) is 11.8 Å². The number of hydrogen-bond acceptors (Lipinski definition) is 10. The first-order valence-corrected chi connectivity index (χ1v) is 15.8. The van der Waals surface area contributed by atoms with Crippen molar-refractivity contribution in [2.45, 2.75) is 57.1 Å². The molecule has 4 atom stereocenters. The van der Waals surface area contributed by atoms with Crippen molar-refractivity contribution < 1.29 is 35.1 Å². The molecule has 0 unspecified atom stereocenters. The minimum absolute atomic E-state index is 0.0114. The van der Waals surface area contributed by atoms with Gasteiger partial charge in [-0.25, -0.2) is 27.2 Å². The van der Waals surface area contributed by atoms with E-state index in [9.17, 15) is 26.0 Å². The van der Waals surface area contributed by atoms with Crippen LogP contribution in [-0.4, -0.2) is 78.7 Å². The molecule has 0 aliphatic carbocycles. The maximum absolute atomic E-state index is 16.6. The molecular formula is C27H28F5N7O3S. The van der Waals surface area contributed by atoms with Crippen molar-refractivity contribution in [3.8, 4) is 17.1 Å². The van der Waals surface area contributed by atoms with Gasteiger partial charge in [-0.15, -0.1) is 0 Å². The molecule has 4 aliphatic heterocycles. The Hall–Kier alpha value is -3.53. The molecule has 0 radical (unpaired) electrons. The predicted molar refractivity (Wildman–Crippen MR) is 149 cm³/mol. The molecule has 3 N–H and O–H groups in total. The Morgan fingerprint density at radius 3 is 2.51 bits per heavy atom. The topological polar surface area (TPSA) is 127 Å². The van der Waals surface area contributed by atoms with Gasteiger partial charge in [-0.3, -0.25) is 0 Å². The molecule has 43 heavy (non-hydrogen) atoms. The summed E-state index contributed by atoms with van der Waals surface area (Å²) in [5.41, 5.74) is 1.11. The highest BCUT2D eigenvalue weighted by molar-refractivity contribution is 7.91. The number of anilines is 3. The van der Waals surface area contributed by atoms with Crippen molar-refractivity contribution >= 4 is 38.2 Å². The maximum atomic E-state index is 16.6. The molecule has 1 aromatic carbocycles. The van der Waals surface area contributed by atoms with Crippen LogP contribution in [0.3, 0.4) is 0 Å². The number of fused-ring (bicyclic) bond motifs is 5. The molecule has 6 heterocycles. The van der Waals surface area contributed by atoms with E-state index in [0.717, 1.165) is 25.8 Å². The van der Waals surface area contributed by atoms with Gasteiger partial charge >= 0.3 is 6.18 Å². The van der Waals surface area contributed by atoms with Crippen molar-refractivity contribution in [1.82, 2.24) is 20.3 Å². The Balaban J connectivity index is 1.51. The van der Waals surface area contributed by atoms with Gasteiger partial charge in [0.1, 0.15) is 34.3 Å². The number of sulfone groups is 1. The van der Waals surface area contributed by atoms with Crippen molar-refractivity contribution in [2.75, 3.05) is 46.7 Å². The van der Waals surface area contributed by atoms with E-state index in [1.165, 1.54) is 0 Å². The number of ether oxygens (including phenoxy) is 1. The third-order valence-corrected chi connectivity index (χ3v) is 10.5. The van der Waals surface area contributed by atoms with Crippen LogP contribution in [0.4, 0.5) is 39.4 Å². The van der Waals surface area contributed by atoms with Gasteiger partial charge in [0.05, 0.1) is 28.8 Å². The van der Waals surface area contributed by atoms with E-state index in [4.69, 9.17) is 15.5 Å². The molecule has 16 heteroatoms. The largest absolute Gasteiger partial charge is 0.472 e. The lowest BCUT2D eigenvalue weighted by Crippen LogP contribution is -2.62. The van der Waals surface area contributed by atoms with Crippen LogP contribution < -0.4 is 25.6 Å². The lowest BCUT2D eigenvalue weighted by atomic mass is 9.96. The maximum Gasteiger partial charge on any atom is 0.417 e. The number of halogens is 5. The highest BCUT2D eigenvalue weighted by Crippen LogP contribution is 2.47. The smallest absolute Gasteiger partial charge is 0.417 e. The third-order valence-electron chi connectivity index (χ3n) is 8.93. The van der Waals surface area contributed by atoms with Crippen molar-refractivity contribution in [3.63, 3.8) is 0 Å². The molecule has 2 aromatic heterocycles. The zero-order valence-corrected chi connectivity index (χ0v) is 24.0. The quantitative estimate of drug-likeness (QED) is 0.324. The fourth-order valence-corrected chi connectivity index (χ4v) is 8.10. The van der Waals surface area contributed by atoms with Crippen LogP contribution in [0.15, 0.2) is 6.07 Å². The van der Waals surface area contributed by atoms with Crippen LogP contribution in [0, 0.1) is 18.6 Å². The van der Waals surface area contributed by atoms with Crippen LogP contribution in [0.2, 0.25) is 0 Å². The molecule has 0 saturated carbocycles. The van der Waals surface area contributed by atoms with Gasteiger partial charge in [0.15, 0.2) is 15.7 Å². The van der Waals surface area contributed by atoms with Gasteiger partial charge in [-0.1, -0.05) is 0 Å². The molecule has 230 valence electrons. The number of piperazine rings is 1. The Bertz CT molecular complexity index is 1770. The van der Waals surface area contributed by atoms with E-state index < -0.39 is 61.8 Å². The average molecular weight is 626 g/mol. The molecule has 2 bridgehead atoms. The number of rotatable bonds is 2. The van der Waals surface area contributed by atoms with Crippen molar-refractivity contribution in [3.05, 3.63) is 28.8 Å². The highest BCUT2D eigenvalue weighted by atomic mass is 32.2. The number of nitrogen functional groups attached to an aromatic ring is 1. The van der Waals surface area contributed by atoms with E-state index in [1.54, 1.807) is 4.90 Å². The summed E-state index contributed by atoms with van der Waals surface area (Å²) in [6.45, 7) is 3.38. The lowest BCUT2D eigenvalue weighted by molar-refractivity contribution is -0.137. The standard InChI is InChI=1S/C27H28F5N7O3S/c1-11-18(27(30,31)32)14(9-15(33)19(11)28)21-20(29)22-17-24(37-26(36-22)38-5-7-43(40,41)8-6-38)39-10-13-3-4-16(34-13)23(39)12(2)42-25(17)35-21/h9,12-13,16,23,34H,3-8,10,33H2,1-2H3/t12-,13+,16-,23+/m0/s1. The second-order valence-electron chi connectivity index (χ2n) is 11.6. The number of aromatic nitrogens is 3. The summed E-state index contributed by atoms with van der Waals surface area (Å²) >= 11 is 0. The molecule has 7 rings (SSSR count). The summed E-state index contributed by atoms with van der Waals surface area (Å²) in [5.74, 6) is -2.53. The summed E-state index contributed by atoms with van der Waals surface area (Å²) in [4.78, 5) is 17.2. The van der Waals surface area contributed by atoms with Gasteiger partial charge < -0.3 is 25.6 Å². The number of nitrogens with one attached hydrogen (secondary N) is 1. The molecule has 0 amide bonds. The Labute approximate surface area is 243 Å². The first kappa shape index (κ1) is 28.3. The summed E-state index contributed by atoms with van der Waals surface area (Å²) < 4.78 is 105. The molecule has 4 aliphatic rings. The number of nitrogens with two attached hydrogens (primary N) is 1. The molecular weight excluding hydrogens is 597 g/mol. The van der Waals surface area contributed by atoms with Crippen LogP contribution in [0.1, 0.15) is 30.9 Å². The van der Waals surface area contributed by atoms with Crippen molar-refractivity contribution in [2.24, 2.45) is 0 Å². The van der Waals surface area contributed by atoms with Gasteiger partial charge in [0.25, 0.3) is 0 Å². The minimum Gasteiger partial charge on any atom is -0.472 e. The van der Waals surface area contributed by atoms with Crippen LogP contribution in [0.5, 0.6) is 5.88 Å². The first-order chi connectivity index (χ1) is 20.2. The Kier molecular flexibility index (Phi) is 6.23. The summed E-state index contributed by atoms with van der Waals surface area (Å²) in [6.07, 6.45) is -3.83. The molecule has 0 spiro atoms. The summed E-state index contributed by atoms with van der Waals surface area (Å²) in [7, 11) is -3.27. The number of hydrogen-bond donors (Lipinski definition) is 2. The second-order valence-corrected chi connectivity index (χ2v) is 13.9. The lowest BCUT2D eigenvalue weighted by Gasteiger charge is -2.43. The normalized spacial score (nSPS) is 26.3. The number of benzene rings is 1. The molecule has 3 fully saturated rings. The third kappa shape index (κ3) is 4.43. The fraction of sp³-hybridized carbons (Fsp3) is 0.519. The van der Waals surface area contributed by atoms with Gasteiger partial charge in [0.2, 0.25) is 11.8 Å². The highest BCUT2D eigenvalue weighted by Gasteiger charge is 2.47. The average Bonchev–Trinajstić information content (AvgIpc) is 3.26. The van der Waals surface area contributed by atoms with E-state index >= 15 is 4.39 Å². The van der Waals surface area contributed by atoms with Crippen LogP contribution >= 0.6 is 0 Å².